The molecule has 1 saturated heterocycles. The zero-order chi connectivity index (χ0) is 12.8. The van der Waals surface area contributed by atoms with Crippen molar-refractivity contribution in [1.29, 1.82) is 0 Å². The summed E-state index contributed by atoms with van der Waals surface area (Å²) in [5.74, 6) is 1.91. The van der Waals surface area contributed by atoms with Gasteiger partial charge in [0.25, 0.3) is 0 Å². The van der Waals surface area contributed by atoms with E-state index in [-0.39, 0.29) is 18.3 Å². The molecule has 0 aromatic heterocycles. The van der Waals surface area contributed by atoms with Crippen LogP contribution in [0.1, 0.15) is 58.3 Å². The molecule has 1 saturated carbocycles. The lowest BCUT2D eigenvalue weighted by Gasteiger charge is -2.27. The molecule has 0 aromatic rings. The molecule has 2 fully saturated rings. The summed E-state index contributed by atoms with van der Waals surface area (Å²) in [5, 5.41) is 6.60. The van der Waals surface area contributed by atoms with Crippen molar-refractivity contribution < 1.29 is 4.79 Å². The molecule has 4 heteroatoms. The Morgan fingerprint density at radius 3 is 2.37 bits per heavy atom. The van der Waals surface area contributed by atoms with Crippen LogP contribution in [0.3, 0.4) is 0 Å². The molecule has 0 bridgehead atoms. The van der Waals surface area contributed by atoms with Crippen molar-refractivity contribution in [3.63, 3.8) is 0 Å². The summed E-state index contributed by atoms with van der Waals surface area (Å²) in [4.78, 5) is 11.9. The Morgan fingerprint density at radius 2 is 1.74 bits per heavy atom. The van der Waals surface area contributed by atoms with Crippen LogP contribution >= 0.6 is 12.4 Å². The number of hydrogen-bond donors (Lipinski definition) is 2. The minimum absolute atomic E-state index is 0. The van der Waals surface area contributed by atoms with Gasteiger partial charge in [0.05, 0.1) is 0 Å². The first-order chi connectivity index (χ1) is 8.74. The summed E-state index contributed by atoms with van der Waals surface area (Å²) < 4.78 is 0. The van der Waals surface area contributed by atoms with E-state index in [1.165, 1.54) is 38.5 Å². The van der Waals surface area contributed by atoms with Gasteiger partial charge in [-0.05, 0) is 69.9 Å². The van der Waals surface area contributed by atoms with E-state index in [4.69, 9.17) is 0 Å². The van der Waals surface area contributed by atoms with Gasteiger partial charge < -0.3 is 10.6 Å². The van der Waals surface area contributed by atoms with Crippen molar-refractivity contribution in [2.24, 2.45) is 11.8 Å². The van der Waals surface area contributed by atoms with Crippen LogP contribution in [-0.4, -0.2) is 25.0 Å². The van der Waals surface area contributed by atoms with Gasteiger partial charge in [-0.25, -0.2) is 0 Å². The van der Waals surface area contributed by atoms with Crippen LogP contribution < -0.4 is 10.6 Å². The maximum atomic E-state index is 11.9. The molecule has 1 amide bonds. The highest BCUT2D eigenvalue weighted by atomic mass is 35.5. The maximum absolute atomic E-state index is 11.9. The molecule has 3 nitrogen and oxygen atoms in total. The molecule has 0 aromatic carbocycles. The highest BCUT2D eigenvalue weighted by Gasteiger charge is 2.20. The van der Waals surface area contributed by atoms with Crippen molar-refractivity contribution in [2.45, 2.75) is 64.3 Å². The Kier molecular flexibility index (Phi) is 7.77. The standard InChI is InChI=1S/C15H28N2O.ClH/c1-12-2-5-14(6-3-12)17-15(18)7-4-13-8-10-16-11-9-13;/h12-14,16H,2-11H2,1H3,(H,17,18);1H. The second-order valence-corrected chi connectivity index (χ2v) is 6.26. The molecular formula is C15H29ClN2O. The van der Waals surface area contributed by atoms with Crippen molar-refractivity contribution >= 4 is 18.3 Å². The number of carbonyl (C=O) groups excluding carboxylic acids is 1. The van der Waals surface area contributed by atoms with Crippen LogP contribution in [0.25, 0.3) is 0 Å². The molecule has 19 heavy (non-hydrogen) atoms. The van der Waals surface area contributed by atoms with Gasteiger partial charge in [0.15, 0.2) is 0 Å². The van der Waals surface area contributed by atoms with E-state index in [1.807, 2.05) is 0 Å². The molecule has 2 rings (SSSR count). The van der Waals surface area contributed by atoms with Gasteiger partial charge in [-0.2, -0.15) is 0 Å². The number of rotatable bonds is 4. The Labute approximate surface area is 123 Å². The minimum atomic E-state index is 0. The van der Waals surface area contributed by atoms with Crippen molar-refractivity contribution in [3.8, 4) is 0 Å². The first-order valence-corrected chi connectivity index (χ1v) is 7.74. The zero-order valence-electron chi connectivity index (χ0n) is 12.1. The lowest BCUT2D eigenvalue weighted by Crippen LogP contribution is -2.37. The number of carbonyl (C=O) groups is 1. The topological polar surface area (TPSA) is 41.1 Å². The first kappa shape index (κ1) is 16.8. The lowest BCUT2D eigenvalue weighted by atomic mass is 9.87. The third-order valence-corrected chi connectivity index (χ3v) is 4.62. The summed E-state index contributed by atoms with van der Waals surface area (Å²) in [6.07, 6.45) is 9.22. The third kappa shape index (κ3) is 6.13. The van der Waals surface area contributed by atoms with E-state index in [0.29, 0.717) is 6.04 Å². The van der Waals surface area contributed by atoms with E-state index < -0.39 is 0 Å². The summed E-state index contributed by atoms with van der Waals surface area (Å²) in [7, 11) is 0. The number of hydrogen-bond acceptors (Lipinski definition) is 2. The molecular weight excluding hydrogens is 260 g/mol. The fraction of sp³-hybridized carbons (Fsp3) is 0.933. The highest BCUT2D eigenvalue weighted by Crippen LogP contribution is 2.24. The fourth-order valence-corrected chi connectivity index (χ4v) is 3.21. The second-order valence-electron chi connectivity index (χ2n) is 6.26. The van der Waals surface area contributed by atoms with Gasteiger partial charge in [0, 0.05) is 12.5 Å². The molecule has 0 atom stereocenters. The second kappa shape index (κ2) is 8.80. The normalized spacial score (nSPS) is 28.5. The van der Waals surface area contributed by atoms with Gasteiger partial charge in [0.1, 0.15) is 0 Å². The summed E-state index contributed by atoms with van der Waals surface area (Å²) in [6.45, 7) is 4.58. The molecule has 2 aliphatic rings. The quantitative estimate of drug-likeness (QED) is 0.835. The van der Waals surface area contributed by atoms with Gasteiger partial charge in [-0.1, -0.05) is 6.92 Å². The molecule has 1 aliphatic carbocycles. The van der Waals surface area contributed by atoms with Gasteiger partial charge in [-0.3, -0.25) is 4.79 Å². The van der Waals surface area contributed by atoms with Gasteiger partial charge >= 0.3 is 0 Å². The number of amides is 1. The largest absolute Gasteiger partial charge is 0.353 e. The van der Waals surface area contributed by atoms with Gasteiger partial charge in [0.2, 0.25) is 5.91 Å². The SMILES string of the molecule is CC1CCC(NC(=O)CCC2CCNCC2)CC1.Cl. The van der Waals surface area contributed by atoms with Crippen molar-refractivity contribution in [1.82, 2.24) is 10.6 Å². The number of halogens is 1. The zero-order valence-corrected chi connectivity index (χ0v) is 12.9. The molecule has 0 unspecified atom stereocenters. The third-order valence-electron chi connectivity index (χ3n) is 4.62. The average Bonchev–Trinajstić information content (AvgIpc) is 2.40. The fourth-order valence-electron chi connectivity index (χ4n) is 3.21. The Morgan fingerprint density at radius 1 is 1.11 bits per heavy atom. The van der Waals surface area contributed by atoms with E-state index in [2.05, 4.69) is 17.6 Å². The molecule has 112 valence electrons. The predicted octanol–water partition coefficient (Wildman–Crippen LogP) is 2.88. The van der Waals surface area contributed by atoms with Crippen LogP contribution in [-0.2, 0) is 4.79 Å². The van der Waals surface area contributed by atoms with Crippen LogP contribution in [0, 0.1) is 11.8 Å². The smallest absolute Gasteiger partial charge is 0.220 e. The molecule has 1 aliphatic heterocycles. The van der Waals surface area contributed by atoms with Crippen LogP contribution in [0.4, 0.5) is 0 Å². The molecule has 1 heterocycles. The first-order valence-electron chi connectivity index (χ1n) is 7.74. The average molecular weight is 289 g/mol. The minimum Gasteiger partial charge on any atom is -0.353 e. The highest BCUT2D eigenvalue weighted by molar-refractivity contribution is 5.85. The Balaban J connectivity index is 0.00000180. The van der Waals surface area contributed by atoms with E-state index >= 15 is 0 Å². The Bertz CT molecular complexity index is 259. The number of nitrogens with one attached hydrogen (secondary N) is 2. The summed E-state index contributed by atoms with van der Waals surface area (Å²) >= 11 is 0. The molecule has 0 spiro atoms. The van der Waals surface area contributed by atoms with Gasteiger partial charge in [-0.15, -0.1) is 12.4 Å². The summed E-state index contributed by atoms with van der Waals surface area (Å²) in [6, 6.07) is 0.460. The van der Waals surface area contributed by atoms with Crippen LogP contribution in [0.15, 0.2) is 0 Å². The molecule has 0 radical (unpaired) electrons. The lowest BCUT2D eigenvalue weighted by molar-refractivity contribution is -0.122. The molecule has 2 N–H and O–H groups in total. The predicted molar refractivity (Wildman–Crippen MR) is 81.6 cm³/mol. The number of piperidine rings is 1. The Hall–Kier alpha value is -0.280. The van der Waals surface area contributed by atoms with E-state index in [9.17, 15) is 4.79 Å². The van der Waals surface area contributed by atoms with Crippen molar-refractivity contribution in [2.75, 3.05) is 13.1 Å². The van der Waals surface area contributed by atoms with Crippen LogP contribution in [0.2, 0.25) is 0 Å². The van der Waals surface area contributed by atoms with E-state index in [1.54, 1.807) is 0 Å². The van der Waals surface area contributed by atoms with E-state index in [0.717, 1.165) is 37.8 Å². The van der Waals surface area contributed by atoms with Crippen LogP contribution in [0.5, 0.6) is 0 Å². The maximum Gasteiger partial charge on any atom is 0.220 e. The monoisotopic (exact) mass is 288 g/mol. The van der Waals surface area contributed by atoms with Crippen molar-refractivity contribution in [3.05, 3.63) is 0 Å². The summed E-state index contributed by atoms with van der Waals surface area (Å²) in [5.41, 5.74) is 0.